The van der Waals surface area contributed by atoms with Gasteiger partial charge in [0.2, 0.25) is 0 Å². The van der Waals surface area contributed by atoms with Crippen molar-refractivity contribution in [2.24, 2.45) is 5.41 Å². The molecule has 1 saturated heterocycles. The smallest absolute Gasteiger partial charge is 0.475 e. The van der Waals surface area contributed by atoms with Gasteiger partial charge in [0, 0.05) is 31.9 Å². The summed E-state index contributed by atoms with van der Waals surface area (Å²) in [5, 5.41) is 26.2. The molecule has 0 aliphatic carbocycles. The number of hydrogen-bond acceptors (Lipinski definition) is 5. The van der Waals surface area contributed by atoms with Crippen molar-refractivity contribution in [2.75, 3.05) is 13.1 Å². The van der Waals surface area contributed by atoms with E-state index >= 15 is 0 Å². The molecule has 1 aromatic heterocycles. The lowest BCUT2D eigenvalue weighted by Gasteiger charge is -2.40. The van der Waals surface area contributed by atoms with E-state index in [1.165, 1.54) is 16.8 Å². The minimum Gasteiger partial charge on any atom is -0.475 e. The van der Waals surface area contributed by atoms with Gasteiger partial charge in [0.25, 0.3) is 0 Å². The van der Waals surface area contributed by atoms with Crippen LogP contribution in [-0.2, 0) is 17.8 Å². The molecule has 7 nitrogen and oxygen atoms in total. The number of nitriles is 2. The zero-order valence-corrected chi connectivity index (χ0v) is 21.8. The lowest BCUT2D eigenvalue weighted by Crippen LogP contribution is -2.42. The molecule has 0 spiro atoms. The molecule has 4 rings (SSSR count). The Morgan fingerprint density at radius 3 is 2.31 bits per heavy atom. The fraction of sp³-hybridized carbons (Fsp3) is 0.379. The Labute approximate surface area is 225 Å². The molecule has 1 unspecified atom stereocenters. The number of carboxylic acids is 1. The van der Waals surface area contributed by atoms with Crippen molar-refractivity contribution in [3.8, 4) is 12.1 Å². The molecule has 204 valence electrons. The molecule has 39 heavy (non-hydrogen) atoms. The summed E-state index contributed by atoms with van der Waals surface area (Å²) in [6.07, 6.45) is 1.33. The molecule has 0 amide bonds. The first-order chi connectivity index (χ1) is 18.5. The van der Waals surface area contributed by atoms with Gasteiger partial charge in [-0.1, -0.05) is 42.0 Å². The van der Waals surface area contributed by atoms with Crippen LogP contribution in [0.2, 0.25) is 0 Å². The number of imidazole rings is 1. The zero-order valence-electron chi connectivity index (χ0n) is 21.8. The summed E-state index contributed by atoms with van der Waals surface area (Å²) < 4.78 is 33.9. The number of benzene rings is 2. The SMILES string of the molecule is Cc1cccc(CC2(C#N)CCN(C(C)c3cncn3Cc3ccc(C#N)cc3)CC2)c1.O=C(O)C(F)(F)F. The summed E-state index contributed by atoms with van der Waals surface area (Å²) in [5.41, 5.74) is 5.22. The van der Waals surface area contributed by atoms with Crippen LogP contribution in [0, 0.1) is 35.0 Å². The minimum atomic E-state index is -5.08. The molecule has 1 atom stereocenters. The Balaban J connectivity index is 0.000000532. The van der Waals surface area contributed by atoms with Crippen molar-refractivity contribution >= 4 is 5.97 Å². The number of rotatable bonds is 6. The molecular formula is C29H30F3N5O2. The van der Waals surface area contributed by atoms with Crippen molar-refractivity contribution < 1.29 is 23.1 Å². The number of likely N-dealkylation sites (tertiary alicyclic amines) is 1. The van der Waals surface area contributed by atoms with E-state index in [-0.39, 0.29) is 11.5 Å². The molecule has 1 aliphatic rings. The van der Waals surface area contributed by atoms with Gasteiger partial charge in [-0.2, -0.15) is 23.7 Å². The fourth-order valence-corrected chi connectivity index (χ4v) is 4.76. The highest BCUT2D eigenvalue weighted by molar-refractivity contribution is 5.73. The summed E-state index contributed by atoms with van der Waals surface area (Å²) in [6, 6.07) is 21.3. The zero-order chi connectivity index (χ0) is 28.6. The number of halogens is 3. The summed E-state index contributed by atoms with van der Waals surface area (Å²) in [7, 11) is 0. The quantitative estimate of drug-likeness (QED) is 0.435. The Morgan fingerprint density at radius 2 is 1.77 bits per heavy atom. The monoisotopic (exact) mass is 537 g/mol. The van der Waals surface area contributed by atoms with Gasteiger partial charge in [0.15, 0.2) is 0 Å². The number of carboxylic acid groups (broad SMARTS) is 1. The third-order valence-corrected chi connectivity index (χ3v) is 7.02. The van der Waals surface area contributed by atoms with E-state index in [0.717, 1.165) is 44.5 Å². The van der Waals surface area contributed by atoms with Crippen LogP contribution in [0.5, 0.6) is 0 Å². The highest BCUT2D eigenvalue weighted by Crippen LogP contribution is 2.37. The third kappa shape index (κ3) is 7.92. The van der Waals surface area contributed by atoms with Crippen LogP contribution in [0.15, 0.2) is 61.1 Å². The van der Waals surface area contributed by atoms with Crippen LogP contribution >= 0.6 is 0 Å². The lowest BCUT2D eigenvalue weighted by molar-refractivity contribution is -0.192. The molecule has 2 heterocycles. The van der Waals surface area contributed by atoms with Gasteiger partial charge in [0.05, 0.1) is 35.1 Å². The fourth-order valence-electron chi connectivity index (χ4n) is 4.76. The van der Waals surface area contributed by atoms with Crippen molar-refractivity contribution in [2.45, 2.75) is 51.9 Å². The molecule has 0 saturated carbocycles. The van der Waals surface area contributed by atoms with Gasteiger partial charge in [-0.3, -0.25) is 4.90 Å². The number of carbonyl (C=O) groups is 1. The van der Waals surface area contributed by atoms with E-state index < -0.39 is 12.1 Å². The van der Waals surface area contributed by atoms with Crippen molar-refractivity contribution in [1.29, 1.82) is 10.5 Å². The number of aryl methyl sites for hydroxylation is 1. The Morgan fingerprint density at radius 1 is 1.13 bits per heavy atom. The molecule has 3 aromatic rings. The third-order valence-electron chi connectivity index (χ3n) is 7.02. The predicted octanol–water partition coefficient (Wildman–Crippen LogP) is 5.65. The maximum absolute atomic E-state index is 10.6. The largest absolute Gasteiger partial charge is 0.490 e. The second-order valence-corrected chi connectivity index (χ2v) is 9.83. The van der Waals surface area contributed by atoms with Gasteiger partial charge >= 0.3 is 12.1 Å². The van der Waals surface area contributed by atoms with Crippen LogP contribution in [0.25, 0.3) is 0 Å². The van der Waals surface area contributed by atoms with Gasteiger partial charge in [0.1, 0.15) is 0 Å². The molecule has 2 aromatic carbocycles. The number of aromatic nitrogens is 2. The van der Waals surface area contributed by atoms with Crippen molar-refractivity contribution in [3.05, 3.63) is 89.0 Å². The standard InChI is InChI=1S/C27H29N5.C2HF3O2/c1-21-4-3-5-25(14-21)15-27(19-29)10-12-31(13-11-27)22(2)26-17-30-20-32(26)18-24-8-6-23(16-28)7-9-24;3-2(4,5)1(6)7/h3-9,14,17,20,22H,10-13,15,18H2,1-2H3;(H,6,7). The van der Waals surface area contributed by atoms with E-state index in [1.54, 1.807) is 0 Å². The first kappa shape index (κ1) is 29.4. The first-order valence-corrected chi connectivity index (χ1v) is 12.5. The molecule has 1 N–H and O–H groups in total. The Hall–Kier alpha value is -4.15. The Kier molecular flexibility index (Phi) is 9.50. The van der Waals surface area contributed by atoms with E-state index in [9.17, 15) is 18.4 Å². The van der Waals surface area contributed by atoms with Crippen LogP contribution in [0.1, 0.15) is 53.8 Å². The minimum absolute atomic E-state index is 0.228. The highest BCUT2D eigenvalue weighted by atomic mass is 19.4. The van der Waals surface area contributed by atoms with Gasteiger partial charge in [-0.05, 0) is 56.4 Å². The molecular weight excluding hydrogens is 507 g/mol. The summed E-state index contributed by atoms with van der Waals surface area (Å²) in [4.78, 5) is 15.8. The van der Waals surface area contributed by atoms with E-state index in [2.05, 4.69) is 64.7 Å². The molecule has 10 heteroatoms. The molecule has 1 fully saturated rings. The second kappa shape index (κ2) is 12.6. The van der Waals surface area contributed by atoms with Crippen LogP contribution < -0.4 is 0 Å². The number of aliphatic carboxylic acids is 1. The number of hydrogen-bond donors (Lipinski definition) is 1. The topological polar surface area (TPSA) is 106 Å². The highest BCUT2D eigenvalue weighted by Gasteiger charge is 2.38. The van der Waals surface area contributed by atoms with Crippen LogP contribution in [0.3, 0.4) is 0 Å². The van der Waals surface area contributed by atoms with Crippen LogP contribution in [0.4, 0.5) is 13.2 Å². The molecule has 0 radical (unpaired) electrons. The average Bonchev–Trinajstić information content (AvgIpc) is 3.37. The number of nitrogens with zero attached hydrogens (tertiary/aromatic N) is 5. The van der Waals surface area contributed by atoms with E-state index in [0.29, 0.717) is 5.56 Å². The lowest BCUT2D eigenvalue weighted by atomic mass is 9.74. The van der Waals surface area contributed by atoms with Gasteiger partial charge in [-0.25, -0.2) is 9.78 Å². The molecule has 0 bridgehead atoms. The first-order valence-electron chi connectivity index (χ1n) is 12.5. The van der Waals surface area contributed by atoms with Gasteiger partial charge < -0.3 is 9.67 Å². The van der Waals surface area contributed by atoms with E-state index in [1.807, 2.05) is 36.8 Å². The summed E-state index contributed by atoms with van der Waals surface area (Å²) in [6.45, 7) is 6.87. The second-order valence-electron chi connectivity index (χ2n) is 9.83. The maximum atomic E-state index is 10.6. The van der Waals surface area contributed by atoms with Crippen molar-refractivity contribution in [1.82, 2.24) is 14.5 Å². The normalized spacial score (nSPS) is 15.8. The summed E-state index contributed by atoms with van der Waals surface area (Å²) >= 11 is 0. The Bertz CT molecular complexity index is 1340. The maximum Gasteiger partial charge on any atom is 0.490 e. The predicted molar refractivity (Wildman–Crippen MR) is 138 cm³/mol. The van der Waals surface area contributed by atoms with E-state index in [4.69, 9.17) is 15.2 Å². The van der Waals surface area contributed by atoms with Crippen molar-refractivity contribution in [3.63, 3.8) is 0 Å². The number of piperidine rings is 1. The van der Waals surface area contributed by atoms with Gasteiger partial charge in [-0.15, -0.1) is 0 Å². The van der Waals surface area contributed by atoms with Crippen LogP contribution in [-0.4, -0.2) is 44.8 Å². The molecule has 1 aliphatic heterocycles. The average molecular weight is 538 g/mol. The summed E-state index contributed by atoms with van der Waals surface area (Å²) in [5.74, 6) is -2.76. The number of alkyl halides is 3.